The second kappa shape index (κ2) is 8.42. The molecule has 22 heavy (non-hydrogen) atoms. The molecule has 0 radical (unpaired) electrons. The molecule has 0 rings (SSSR count). The number of azide groups is 1. The zero-order valence-corrected chi connectivity index (χ0v) is 16.8. The molecule has 0 aromatic rings. The molecule has 0 fully saturated rings. The van der Waals surface area contributed by atoms with Crippen molar-refractivity contribution < 1.29 is 12.6 Å². The maximum atomic E-state index is 11.4. The van der Waals surface area contributed by atoms with Crippen LogP contribution in [0.5, 0.6) is 0 Å². The fraction of sp³-hybridized carbons (Fsp3) is 0.692. The van der Waals surface area contributed by atoms with Crippen LogP contribution in [0, 0.1) is 22.9 Å². The molecule has 0 aromatic carbocycles. The zero-order chi connectivity index (χ0) is 17.4. The minimum absolute atomic E-state index is 0.241. The SMILES string of the molecule is C[Si](C)(C)C#CCC(CC#C[Si](C)(C)C)OS(=O)(=O)N=[N+]=[N-]. The lowest BCUT2D eigenvalue weighted by molar-refractivity contribution is 0.220. The predicted octanol–water partition coefficient (Wildman–Crippen LogP) is 3.47. The first kappa shape index (κ1) is 20.8. The summed E-state index contributed by atoms with van der Waals surface area (Å²) < 4.78 is 30.4. The second-order valence-corrected chi connectivity index (χ2v) is 17.5. The molecule has 0 bridgehead atoms. The van der Waals surface area contributed by atoms with Gasteiger partial charge in [0.25, 0.3) is 0 Å². The molecule has 0 aromatic heterocycles. The first-order valence-electron chi connectivity index (χ1n) is 6.84. The van der Waals surface area contributed by atoms with Crippen molar-refractivity contribution in [2.45, 2.75) is 58.2 Å². The minimum Gasteiger partial charge on any atom is -0.259 e. The van der Waals surface area contributed by atoms with E-state index >= 15 is 0 Å². The monoisotopic (exact) mass is 357 g/mol. The molecule has 0 amide bonds. The van der Waals surface area contributed by atoms with Gasteiger partial charge in [-0.05, 0) is 5.53 Å². The van der Waals surface area contributed by atoms with Gasteiger partial charge in [-0.15, -0.1) is 22.9 Å². The van der Waals surface area contributed by atoms with Crippen molar-refractivity contribution in [2.24, 2.45) is 4.52 Å². The lowest BCUT2D eigenvalue weighted by atomic mass is 10.2. The fourth-order valence-electron chi connectivity index (χ4n) is 1.24. The molecule has 0 aliphatic heterocycles. The summed E-state index contributed by atoms with van der Waals surface area (Å²) in [6.45, 7) is 12.6. The second-order valence-electron chi connectivity index (χ2n) is 6.83. The summed E-state index contributed by atoms with van der Waals surface area (Å²) in [5.74, 6) is 5.94. The Morgan fingerprint density at radius 1 is 1.05 bits per heavy atom. The van der Waals surface area contributed by atoms with Gasteiger partial charge in [0.1, 0.15) is 16.1 Å². The summed E-state index contributed by atoms with van der Waals surface area (Å²) in [6, 6.07) is 0. The van der Waals surface area contributed by atoms with Crippen LogP contribution in [-0.2, 0) is 14.5 Å². The van der Waals surface area contributed by atoms with Gasteiger partial charge in [-0.1, -0.05) is 39.3 Å². The van der Waals surface area contributed by atoms with Gasteiger partial charge in [0, 0.05) is 17.8 Å². The van der Waals surface area contributed by atoms with Gasteiger partial charge in [0.2, 0.25) is 0 Å². The van der Waals surface area contributed by atoms with Crippen LogP contribution in [0.1, 0.15) is 12.8 Å². The van der Waals surface area contributed by atoms with E-state index in [2.05, 4.69) is 71.6 Å². The van der Waals surface area contributed by atoms with Crippen molar-refractivity contribution >= 4 is 26.5 Å². The average Bonchev–Trinajstić information content (AvgIpc) is 2.24. The normalized spacial score (nSPS) is 11.8. The van der Waals surface area contributed by atoms with E-state index in [9.17, 15) is 8.42 Å². The van der Waals surface area contributed by atoms with E-state index in [-0.39, 0.29) is 12.8 Å². The number of hydrogen-bond acceptors (Lipinski definition) is 3. The molecule has 0 spiro atoms. The Morgan fingerprint density at radius 2 is 1.45 bits per heavy atom. The highest BCUT2D eigenvalue weighted by molar-refractivity contribution is 7.85. The maximum absolute atomic E-state index is 11.4. The third kappa shape index (κ3) is 12.5. The van der Waals surface area contributed by atoms with Gasteiger partial charge in [0.05, 0.1) is 10.6 Å². The molecule has 0 saturated heterocycles. The van der Waals surface area contributed by atoms with Gasteiger partial charge in [0.15, 0.2) is 0 Å². The fourth-order valence-corrected chi connectivity index (χ4v) is 3.11. The van der Waals surface area contributed by atoms with Crippen molar-refractivity contribution in [2.75, 3.05) is 0 Å². The zero-order valence-electron chi connectivity index (χ0n) is 14.0. The van der Waals surface area contributed by atoms with E-state index < -0.39 is 32.6 Å². The quantitative estimate of drug-likeness (QED) is 0.248. The van der Waals surface area contributed by atoms with Crippen LogP contribution in [0.2, 0.25) is 39.3 Å². The van der Waals surface area contributed by atoms with Crippen molar-refractivity contribution in [1.29, 1.82) is 0 Å². The lowest BCUT2D eigenvalue weighted by Crippen LogP contribution is -2.19. The highest BCUT2D eigenvalue weighted by Crippen LogP contribution is 2.10. The molecule has 0 N–H and O–H groups in total. The molecule has 0 aliphatic carbocycles. The Kier molecular flexibility index (Phi) is 7.95. The van der Waals surface area contributed by atoms with Crippen molar-refractivity contribution in [3.8, 4) is 22.9 Å². The van der Waals surface area contributed by atoms with Crippen LogP contribution < -0.4 is 0 Å². The molecular weight excluding hydrogens is 334 g/mol. The molecule has 0 aliphatic rings. The van der Waals surface area contributed by atoms with E-state index in [0.29, 0.717) is 0 Å². The average molecular weight is 358 g/mol. The van der Waals surface area contributed by atoms with Crippen molar-refractivity contribution in [3.63, 3.8) is 0 Å². The van der Waals surface area contributed by atoms with Gasteiger partial charge in [-0.2, -0.15) is 8.42 Å². The molecule has 0 unspecified atom stereocenters. The predicted molar refractivity (Wildman–Crippen MR) is 94.4 cm³/mol. The topological polar surface area (TPSA) is 92.1 Å². The summed E-state index contributed by atoms with van der Waals surface area (Å²) in [4.78, 5) is 2.25. The Bertz CT molecular complexity index is 615. The molecule has 0 heterocycles. The number of rotatable bonds is 5. The van der Waals surface area contributed by atoms with Gasteiger partial charge < -0.3 is 0 Å². The van der Waals surface area contributed by atoms with E-state index in [1.807, 2.05) is 0 Å². The van der Waals surface area contributed by atoms with Crippen molar-refractivity contribution in [1.82, 2.24) is 0 Å². The van der Waals surface area contributed by atoms with E-state index in [1.165, 1.54) is 0 Å². The number of nitrogens with zero attached hydrogens (tertiary/aromatic N) is 3. The smallest absolute Gasteiger partial charge is 0.259 e. The van der Waals surface area contributed by atoms with Crippen LogP contribution >= 0.6 is 0 Å². The van der Waals surface area contributed by atoms with Crippen LogP contribution in [0.25, 0.3) is 10.4 Å². The first-order valence-corrected chi connectivity index (χ1v) is 15.2. The van der Waals surface area contributed by atoms with E-state index in [4.69, 9.17) is 9.71 Å². The lowest BCUT2D eigenvalue weighted by Gasteiger charge is -2.11. The van der Waals surface area contributed by atoms with Crippen LogP contribution in [0.4, 0.5) is 0 Å². The Hall–Kier alpha value is -1.23. The first-order chi connectivity index (χ1) is 9.85. The molecule has 122 valence electrons. The molecule has 0 atom stereocenters. The largest absolute Gasteiger partial charge is 0.358 e. The number of hydrogen-bond donors (Lipinski definition) is 0. The molecule has 9 heteroatoms. The Balaban J connectivity index is 5.09. The summed E-state index contributed by atoms with van der Waals surface area (Å²) >= 11 is 0. The molecule has 0 saturated carbocycles. The summed E-state index contributed by atoms with van der Waals surface area (Å²) in [5.41, 5.74) is 14.5. The van der Waals surface area contributed by atoms with E-state index in [1.54, 1.807) is 0 Å². The minimum atomic E-state index is -4.27. The van der Waals surface area contributed by atoms with Crippen molar-refractivity contribution in [3.05, 3.63) is 10.4 Å². The van der Waals surface area contributed by atoms with Crippen LogP contribution in [0.3, 0.4) is 0 Å². The third-order valence-corrected chi connectivity index (χ3v) is 4.62. The Morgan fingerprint density at radius 3 is 1.77 bits per heavy atom. The standard InChI is InChI=1S/C13H23N3O3SSi2/c1-21(2,3)11-7-9-13(10-8-12-22(4,5)6)19-20(17,18)16-15-14/h13H,9-10H2,1-6H3. The Labute approximate surface area is 135 Å². The molecule has 6 nitrogen and oxygen atoms in total. The highest BCUT2D eigenvalue weighted by atomic mass is 32.2. The highest BCUT2D eigenvalue weighted by Gasteiger charge is 2.18. The van der Waals surface area contributed by atoms with Gasteiger partial charge in [-0.25, -0.2) is 0 Å². The molecular formula is C13H23N3O3SSi2. The van der Waals surface area contributed by atoms with Gasteiger partial charge in [-0.3, -0.25) is 4.18 Å². The summed E-state index contributed by atoms with van der Waals surface area (Å²) in [5, 5.41) is 0. The third-order valence-electron chi connectivity index (χ3n) is 1.98. The maximum Gasteiger partial charge on any atom is 0.358 e. The van der Waals surface area contributed by atoms with Crippen LogP contribution in [-0.4, -0.2) is 30.7 Å². The van der Waals surface area contributed by atoms with Gasteiger partial charge >= 0.3 is 10.3 Å². The van der Waals surface area contributed by atoms with E-state index in [0.717, 1.165) is 0 Å². The summed E-state index contributed by atoms with van der Waals surface area (Å²) in [7, 11) is -7.34. The van der Waals surface area contributed by atoms with Crippen LogP contribution in [0.15, 0.2) is 4.52 Å². The summed E-state index contributed by atoms with van der Waals surface area (Å²) in [6.07, 6.45) is -0.237.